The highest BCUT2D eigenvalue weighted by atomic mass is 16.6. The minimum absolute atomic E-state index is 0.00120. The number of allylic oxidation sites excluding steroid dienone is 1. The molecule has 0 amide bonds. The van der Waals surface area contributed by atoms with Gasteiger partial charge in [-0.15, -0.1) is 0 Å². The van der Waals surface area contributed by atoms with Crippen LogP contribution < -0.4 is 0 Å². The molecule has 0 bridgehead atoms. The Morgan fingerprint density at radius 2 is 1.63 bits per heavy atom. The molecule has 0 aromatic carbocycles. The van der Waals surface area contributed by atoms with E-state index < -0.39 is 5.60 Å². The van der Waals surface area contributed by atoms with Gasteiger partial charge in [0, 0.05) is 25.7 Å². The molecule has 4 rings (SSSR count). The molecule has 0 aromatic heterocycles. The predicted octanol–water partition coefficient (Wildman–Crippen LogP) is 4.77. The third-order valence-corrected chi connectivity index (χ3v) is 9.40. The first-order valence-corrected chi connectivity index (χ1v) is 11.6. The molecule has 3 saturated carbocycles. The van der Waals surface area contributed by atoms with E-state index in [9.17, 15) is 14.4 Å². The molecule has 3 fully saturated rings. The van der Waals surface area contributed by atoms with Gasteiger partial charge in [-0.3, -0.25) is 14.4 Å². The molecule has 0 N–H and O–H groups in total. The third kappa shape index (κ3) is 2.98. The van der Waals surface area contributed by atoms with Crippen molar-refractivity contribution in [1.82, 2.24) is 0 Å². The largest absolute Gasteiger partial charge is 0.462 e. The number of ketones is 1. The van der Waals surface area contributed by atoms with E-state index in [0.29, 0.717) is 24.2 Å². The molecular formula is C25H36O5. The Labute approximate surface area is 179 Å². The molecule has 0 spiro atoms. The molecule has 0 saturated heterocycles. The molecular weight excluding hydrogens is 380 g/mol. The molecule has 5 heteroatoms. The van der Waals surface area contributed by atoms with Gasteiger partial charge in [0.2, 0.25) is 0 Å². The van der Waals surface area contributed by atoms with E-state index in [1.807, 2.05) is 0 Å². The van der Waals surface area contributed by atoms with Gasteiger partial charge in [-0.05, 0) is 75.0 Å². The van der Waals surface area contributed by atoms with Crippen molar-refractivity contribution >= 4 is 17.7 Å². The van der Waals surface area contributed by atoms with Gasteiger partial charge in [-0.2, -0.15) is 0 Å². The van der Waals surface area contributed by atoms with Crippen molar-refractivity contribution in [2.24, 2.45) is 28.6 Å². The van der Waals surface area contributed by atoms with Gasteiger partial charge in [-0.1, -0.05) is 25.5 Å². The van der Waals surface area contributed by atoms with E-state index in [0.717, 1.165) is 44.9 Å². The zero-order chi connectivity index (χ0) is 21.9. The SMILES string of the molecule is CC(=O)O[C@H]1CC[C@@]2(C)C(=CC[C@@H]3[C@@H]2CC[C@@]2(C)[C@H]3CC[C@]2(OC(C)=O)C(C)=O)C1. The number of carbonyl (C=O) groups is 3. The van der Waals surface area contributed by atoms with Crippen molar-refractivity contribution in [2.45, 2.75) is 97.7 Å². The Morgan fingerprint density at radius 3 is 2.27 bits per heavy atom. The monoisotopic (exact) mass is 416 g/mol. The van der Waals surface area contributed by atoms with Crippen LogP contribution in [-0.4, -0.2) is 29.4 Å². The average molecular weight is 417 g/mol. The molecule has 4 aliphatic carbocycles. The van der Waals surface area contributed by atoms with E-state index in [-0.39, 0.29) is 34.7 Å². The summed E-state index contributed by atoms with van der Waals surface area (Å²) in [5, 5.41) is 0. The maximum atomic E-state index is 12.8. The molecule has 7 atom stereocenters. The quantitative estimate of drug-likeness (QED) is 0.489. The fraction of sp³-hybridized carbons (Fsp3) is 0.800. The Bertz CT molecular complexity index is 799. The first-order valence-electron chi connectivity index (χ1n) is 11.6. The minimum Gasteiger partial charge on any atom is -0.462 e. The van der Waals surface area contributed by atoms with Crippen LogP contribution in [0.1, 0.15) is 86.0 Å². The number of ether oxygens (including phenoxy) is 2. The average Bonchev–Trinajstić information content (AvgIpc) is 2.94. The van der Waals surface area contributed by atoms with Gasteiger partial charge in [0.05, 0.1) is 0 Å². The lowest BCUT2D eigenvalue weighted by molar-refractivity contribution is -0.186. The van der Waals surface area contributed by atoms with Crippen molar-refractivity contribution in [3.8, 4) is 0 Å². The van der Waals surface area contributed by atoms with Gasteiger partial charge in [0.15, 0.2) is 11.4 Å². The van der Waals surface area contributed by atoms with E-state index in [2.05, 4.69) is 19.9 Å². The number of esters is 2. The zero-order valence-electron chi connectivity index (χ0n) is 19.1. The lowest BCUT2D eigenvalue weighted by atomic mass is 9.46. The number of rotatable bonds is 3. The number of fused-ring (bicyclic) bond motifs is 5. The second-order valence-corrected chi connectivity index (χ2v) is 10.7. The standard InChI is InChI=1S/C25H36O5/c1-15(26)25(30-17(3)28)13-10-22-20-7-6-18-14-19(29-16(2)27)8-11-23(18,4)21(20)9-12-24(22,25)5/h6,19-22H,7-14H2,1-5H3/t19-,20+,21-,22-,23-,24-,25-/m0/s1. The van der Waals surface area contributed by atoms with Crippen molar-refractivity contribution in [3.63, 3.8) is 0 Å². The maximum absolute atomic E-state index is 12.8. The highest BCUT2D eigenvalue weighted by Crippen LogP contribution is 2.68. The summed E-state index contributed by atoms with van der Waals surface area (Å²) in [6, 6.07) is 0. The van der Waals surface area contributed by atoms with Gasteiger partial charge < -0.3 is 9.47 Å². The van der Waals surface area contributed by atoms with Crippen LogP contribution >= 0.6 is 0 Å². The normalized spacial score (nSPS) is 44.8. The Kier molecular flexibility index (Phi) is 5.18. The summed E-state index contributed by atoms with van der Waals surface area (Å²) >= 11 is 0. The highest BCUT2D eigenvalue weighted by molar-refractivity contribution is 5.89. The molecule has 30 heavy (non-hydrogen) atoms. The second-order valence-electron chi connectivity index (χ2n) is 10.7. The minimum atomic E-state index is -0.966. The van der Waals surface area contributed by atoms with E-state index in [1.165, 1.54) is 19.4 Å². The number of Topliss-reactive ketones (excluding diaryl/α,β-unsaturated/α-hetero) is 1. The summed E-state index contributed by atoms with van der Waals surface area (Å²) in [4.78, 5) is 36.2. The Morgan fingerprint density at radius 1 is 0.933 bits per heavy atom. The fourth-order valence-electron chi connectivity index (χ4n) is 8.02. The van der Waals surface area contributed by atoms with Crippen LogP contribution in [0.5, 0.6) is 0 Å². The molecule has 0 aliphatic heterocycles. The Hall–Kier alpha value is -1.65. The summed E-state index contributed by atoms with van der Waals surface area (Å²) in [5.41, 5.74) is 0.346. The highest BCUT2D eigenvalue weighted by Gasteiger charge is 2.67. The van der Waals surface area contributed by atoms with Crippen LogP contribution in [0.25, 0.3) is 0 Å². The first-order chi connectivity index (χ1) is 14.0. The number of hydrogen-bond donors (Lipinski definition) is 0. The van der Waals surface area contributed by atoms with Gasteiger partial charge >= 0.3 is 11.9 Å². The first kappa shape index (κ1) is 21.6. The summed E-state index contributed by atoms with van der Waals surface area (Å²) in [6.45, 7) is 9.11. The number of carbonyl (C=O) groups excluding carboxylic acids is 3. The van der Waals surface area contributed by atoms with E-state index >= 15 is 0 Å². The van der Waals surface area contributed by atoms with Crippen LogP contribution in [0.3, 0.4) is 0 Å². The van der Waals surface area contributed by atoms with Crippen LogP contribution in [-0.2, 0) is 23.9 Å². The number of hydrogen-bond acceptors (Lipinski definition) is 5. The van der Waals surface area contributed by atoms with Crippen molar-refractivity contribution in [2.75, 3.05) is 0 Å². The summed E-state index contributed by atoms with van der Waals surface area (Å²) in [5.74, 6) is 0.939. The smallest absolute Gasteiger partial charge is 0.303 e. The molecule has 0 heterocycles. The van der Waals surface area contributed by atoms with Crippen LogP contribution in [0.15, 0.2) is 11.6 Å². The summed E-state index contributed by atoms with van der Waals surface area (Å²) in [6.07, 6.45) is 9.81. The molecule has 0 radical (unpaired) electrons. The van der Waals surface area contributed by atoms with Crippen LogP contribution in [0, 0.1) is 28.6 Å². The fourth-order valence-corrected chi connectivity index (χ4v) is 8.02. The summed E-state index contributed by atoms with van der Waals surface area (Å²) < 4.78 is 11.4. The third-order valence-electron chi connectivity index (χ3n) is 9.40. The van der Waals surface area contributed by atoms with Crippen LogP contribution in [0.2, 0.25) is 0 Å². The van der Waals surface area contributed by atoms with Gasteiger partial charge in [0.25, 0.3) is 0 Å². The Balaban J connectivity index is 1.63. The zero-order valence-corrected chi connectivity index (χ0v) is 19.1. The lowest BCUT2D eigenvalue weighted by Crippen LogP contribution is -2.58. The lowest BCUT2D eigenvalue weighted by Gasteiger charge is -2.59. The molecule has 4 aliphatic rings. The topological polar surface area (TPSA) is 69.7 Å². The van der Waals surface area contributed by atoms with Gasteiger partial charge in [0.1, 0.15) is 6.10 Å². The second kappa shape index (κ2) is 7.20. The molecule has 166 valence electrons. The van der Waals surface area contributed by atoms with E-state index in [1.54, 1.807) is 6.92 Å². The summed E-state index contributed by atoms with van der Waals surface area (Å²) in [7, 11) is 0. The van der Waals surface area contributed by atoms with Gasteiger partial charge in [-0.25, -0.2) is 0 Å². The van der Waals surface area contributed by atoms with E-state index in [4.69, 9.17) is 9.47 Å². The maximum Gasteiger partial charge on any atom is 0.303 e. The molecule has 0 unspecified atom stereocenters. The van der Waals surface area contributed by atoms with Crippen molar-refractivity contribution < 1.29 is 23.9 Å². The van der Waals surface area contributed by atoms with Crippen molar-refractivity contribution in [1.29, 1.82) is 0 Å². The van der Waals surface area contributed by atoms with Crippen LogP contribution in [0.4, 0.5) is 0 Å². The molecule has 5 nitrogen and oxygen atoms in total. The predicted molar refractivity (Wildman–Crippen MR) is 112 cm³/mol. The molecule has 0 aromatic rings. The van der Waals surface area contributed by atoms with Crippen molar-refractivity contribution in [3.05, 3.63) is 11.6 Å².